The van der Waals surface area contributed by atoms with Crippen LogP contribution in [0.15, 0.2) is 29.2 Å². The highest BCUT2D eigenvalue weighted by Gasteiger charge is 2.41. The molecule has 24 heavy (non-hydrogen) atoms. The third-order valence-electron chi connectivity index (χ3n) is 3.25. The molecule has 2 rings (SSSR count). The Kier molecular flexibility index (Phi) is 5.66. The van der Waals surface area contributed by atoms with Gasteiger partial charge in [0, 0.05) is 0 Å². The third kappa shape index (κ3) is 3.78. The second kappa shape index (κ2) is 7.70. The summed E-state index contributed by atoms with van der Waals surface area (Å²) in [5.41, 5.74) is 0.722. The highest BCUT2D eigenvalue weighted by molar-refractivity contribution is 8.18. The first-order chi connectivity index (χ1) is 11.5. The fraction of sp³-hybridized carbons (Fsp3) is 0.235. The Balaban J connectivity index is 2.16. The molecule has 2 amide bonds. The second-order valence-electron chi connectivity index (χ2n) is 4.81. The van der Waals surface area contributed by atoms with Gasteiger partial charge in [0.05, 0.1) is 12.0 Å². The highest BCUT2D eigenvalue weighted by atomic mass is 32.2. The van der Waals surface area contributed by atoms with E-state index >= 15 is 0 Å². The zero-order valence-corrected chi connectivity index (χ0v) is 14.0. The van der Waals surface area contributed by atoms with E-state index in [2.05, 4.69) is 10.7 Å². The van der Waals surface area contributed by atoms with Gasteiger partial charge in [0.1, 0.15) is 18.4 Å². The van der Waals surface area contributed by atoms with Crippen molar-refractivity contribution in [3.05, 3.63) is 34.7 Å². The number of ether oxygens (including phenoxy) is 2. The molecule has 7 heteroatoms. The van der Waals surface area contributed by atoms with Crippen LogP contribution in [0.25, 0.3) is 6.08 Å². The number of thioether (sulfide) groups is 1. The summed E-state index contributed by atoms with van der Waals surface area (Å²) >= 11 is 0.784. The summed E-state index contributed by atoms with van der Waals surface area (Å²) in [5, 5.41) is -0.502. The highest BCUT2D eigenvalue weighted by Crippen LogP contribution is 2.34. The molecule has 1 fully saturated rings. The fourth-order valence-corrected chi connectivity index (χ4v) is 2.93. The number of hydrogen-bond donors (Lipinski definition) is 0. The summed E-state index contributed by atoms with van der Waals surface area (Å²) in [6, 6.07) is 5.94. The van der Waals surface area contributed by atoms with Crippen LogP contribution in [0.5, 0.6) is 5.75 Å². The van der Waals surface area contributed by atoms with Gasteiger partial charge in [-0.2, -0.15) is 0 Å². The molecule has 0 aromatic heterocycles. The Morgan fingerprint density at radius 2 is 2.04 bits per heavy atom. The molecule has 1 aliphatic rings. The van der Waals surface area contributed by atoms with Gasteiger partial charge >= 0.3 is 5.97 Å². The average Bonchev–Trinajstić information content (AvgIpc) is 2.86. The molecule has 0 bridgehead atoms. The Labute approximate surface area is 143 Å². The van der Waals surface area contributed by atoms with Gasteiger partial charge in [-0.15, -0.1) is 6.42 Å². The number of methoxy groups -OCH3 is 1. The molecule has 1 aromatic rings. The normalized spacial score (nSPS) is 16.9. The number of benzene rings is 1. The average molecular weight is 345 g/mol. The minimum Gasteiger partial charge on any atom is -0.481 e. The molecule has 124 valence electrons. The van der Waals surface area contributed by atoms with Crippen molar-refractivity contribution in [1.82, 2.24) is 4.90 Å². The molecule has 0 aliphatic carbocycles. The van der Waals surface area contributed by atoms with Gasteiger partial charge in [-0.3, -0.25) is 14.5 Å². The number of nitrogens with zero attached hydrogens (tertiary/aromatic N) is 1. The number of terminal acetylenes is 1. The molecule has 1 unspecified atom stereocenters. The summed E-state index contributed by atoms with van der Waals surface area (Å²) in [5.74, 6) is 1.81. The Morgan fingerprint density at radius 3 is 2.62 bits per heavy atom. The number of rotatable bonds is 5. The van der Waals surface area contributed by atoms with Crippen LogP contribution in [-0.4, -0.2) is 41.8 Å². The lowest BCUT2D eigenvalue weighted by molar-refractivity contribution is -0.148. The van der Waals surface area contributed by atoms with E-state index in [1.807, 2.05) is 0 Å². The lowest BCUT2D eigenvalue weighted by Crippen LogP contribution is -2.42. The first kappa shape index (κ1) is 17.6. The maximum absolute atomic E-state index is 12.4. The number of carbonyl (C=O) groups is 3. The zero-order chi connectivity index (χ0) is 17.7. The maximum Gasteiger partial charge on any atom is 0.328 e. The summed E-state index contributed by atoms with van der Waals surface area (Å²) in [4.78, 5) is 37.0. The predicted octanol–water partition coefficient (Wildman–Crippen LogP) is 2.30. The van der Waals surface area contributed by atoms with E-state index in [4.69, 9.17) is 11.2 Å². The monoisotopic (exact) mass is 345 g/mol. The molecule has 1 heterocycles. The number of imide groups is 1. The van der Waals surface area contributed by atoms with Crippen molar-refractivity contribution in [2.75, 3.05) is 13.7 Å². The van der Waals surface area contributed by atoms with Gasteiger partial charge in [-0.1, -0.05) is 18.1 Å². The first-order valence-corrected chi connectivity index (χ1v) is 7.80. The van der Waals surface area contributed by atoms with Crippen molar-refractivity contribution in [1.29, 1.82) is 0 Å². The van der Waals surface area contributed by atoms with Crippen LogP contribution in [-0.2, 0) is 14.3 Å². The molecular weight excluding hydrogens is 330 g/mol. The van der Waals surface area contributed by atoms with Crippen LogP contribution in [0, 0.1) is 12.3 Å². The minimum absolute atomic E-state index is 0.170. The predicted molar refractivity (Wildman–Crippen MR) is 90.1 cm³/mol. The van der Waals surface area contributed by atoms with Crippen molar-refractivity contribution >= 4 is 35.0 Å². The van der Waals surface area contributed by atoms with Crippen molar-refractivity contribution in [2.24, 2.45) is 0 Å². The van der Waals surface area contributed by atoms with Crippen LogP contribution in [0.2, 0.25) is 0 Å². The topological polar surface area (TPSA) is 72.9 Å². The molecular formula is C17H15NO5S. The molecule has 0 spiro atoms. The van der Waals surface area contributed by atoms with Crippen molar-refractivity contribution in [3.8, 4) is 18.1 Å². The summed E-state index contributed by atoms with van der Waals surface area (Å²) < 4.78 is 9.84. The van der Waals surface area contributed by atoms with Crippen LogP contribution in [0.3, 0.4) is 0 Å². The number of amides is 2. The lowest BCUT2D eigenvalue weighted by atomic mass is 10.2. The molecule has 1 atom stereocenters. The van der Waals surface area contributed by atoms with Crippen LogP contribution in [0.1, 0.15) is 12.5 Å². The van der Waals surface area contributed by atoms with Crippen molar-refractivity contribution < 1.29 is 23.9 Å². The van der Waals surface area contributed by atoms with E-state index in [9.17, 15) is 14.4 Å². The summed E-state index contributed by atoms with van der Waals surface area (Å²) in [6.45, 7) is 1.62. The van der Waals surface area contributed by atoms with Gasteiger partial charge < -0.3 is 9.47 Å². The van der Waals surface area contributed by atoms with E-state index in [1.54, 1.807) is 30.3 Å². The largest absolute Gasteiger partial charge is 0.481 e. The Bertz CT molecular complexity index is 732. The lowest BCUT2D eigenvalue weighted by Gasteiger charge is -2.18. The molecule has 0 radical (unpaired) electrons. The quantitative estimate of drug-likeness (QED) is 0.463. The van der Waals surface area contributed by atoms with Gasteiger partial charge in [0.25, 0.3) is 11.1 Å². The molecule has 0 N–H and O–H groups in total. The maximum atomic E-state index is 12.4. The first-order valence-electron chi connectivity index (χ1n) is 6.99. The Hall–Kier alpha value is -2.72. The number of esters is 1. The standard InChI is InChI=1S/C17H15NO5S/c1-4-9-23-13-7-5-12(6-8-13)10-14-15(19)18(17(21)24-14)11(2)16(20)22-3/h1,5-8,10-11H,9H2,2-3H3. The molecule has 1 saturated heterocycles. The summed E-state index contributed by atoms with van der Waals surface area (Å²) in [6.07, 6.45) is 6.70. The van der Waals surface area contributed by atoms with Crippen LogP contribution >= 0.6 is 11.8 Å². The van der Waals surface area contributed by atoms with Gasteiger partial charge in [0.15, 0.2) is 0 Å². The van der Waals surface area contributed by atoms with Crippen LogP contribution < -0.4 is 4.74 Å². The zero-order valence-electron chi connectivity index (χ0n) is 13.1. The van der Waals surface area contributed by atoms with Gasteiger partial charge in [-0.05, 0) is 42.5 Å². The third-order valence-corrected chi connectivity index (χ3v) is 4.14. The van der Waals surface area contributed by atoms with E-state index in [0.717, 1.165) is 22.2 Å². The smallest absolute Gasteiger partial charge is 0.328 e. The van der Waals surface area contributed by atoms with Gasteiger partial charge in [-0.25, -0.2) is 4.79 Å². The van der Waals surface area contributed by atoms with Gasteiger partial charge in [0.2, 0.25) is 0 Å². The van der Waals surface area contributed by atoms with Crippen molar-refractivity contribution in [3.63, 3.8) is 0 Å². The number of carbonyl (C=O) groups excluding carboxylic acids is 3. The number of hydrogen-bond acceptors (Lipinski definition) is 6. The minimum atomic E-state index is -0.965. The molecule has 1 aromatic carbocycles. The van der Waals surface area contributed by atoms with E-state index in [-0.39, 0.29) is 11.5 Å². The van der Waals surface area contributed by atoms with E-state index < -0.39 is 23.2 Å². The fourth-order valence-electron chi connectivity index (χ4n) is 2.03. The summed E-state index contributed by atoms with van der Waals surface area (Å²) in [7, 11) is 1.21. The van der Waals surface area contributed by atoms with E-state index in [1.165, 1.54) is 14.0 Å². The molecule has 6 nitrogen and oxygen atoms in total. The molecule has 0 saturated carbocycles. The van der Waals surface area contributed by atoms with Crippen LogP contribution in [0.4, 0.5) is 4.79 Å². The molecule has 1 aliphatic heterocycles. The Morgan fingerprint density at radius 1 is 1.38 bits per heavy atom. The van der Waals surface area contributed by atoms with E-state index in [0.29, 0.717) is 5.75 Å². The SMILES string of the molecule is C#CCOc1ccc(C=C2SC(=O)N(C(C)C(=O)OC)C2=O)cc1. The van der Waals surface area contributed by atoms with Crippen molar-refractivity contribution in [2.45, 2.75) is 13.0 Å². The second-order valence-corrected chi connectivity index (χ2v) is 5.81.